The van der Waals surface area contributed by atoms with Gasteiger partial charge in [0.15, 0.2) is 0 Å². The van der Waals surface area contributed by atoms with Crippen molar-refractivity contribution in [3.8, 4) is 0 Å². The SMILES string of the molecule is CCC1(CNC)CC1(C)C. The molecule has 0 saturated heterocycles. The highest BCUT2D eigenvalue weighted by molar-refractivity contribution is 5.09. The molecule has 1 heteroatoms. The zero-order valence-corrected chi connectivity index (χ0v) is 7.62. The molecule has 0 aliphatic heterocycles. The third-order valence-electron chi connectivity index (χ3n) is 3.28. The van der Waals surface area contributed by atoms with Gasteiger partial charge in [-0.1, -0.05) is 20.8 Å². The van der Waals surface area contributed by atoms with Crippen molar-refractivity contribution in [1.29, 1.82) is 0 Å². The van der Waals surface area contributed by atoms with E-state index in [4.69, 9.17) is 0 Å². The highest BCUT2D eigenvalue weighted by Gasteiger charge is 2.58. The van der Waals surface area contributed by atoms with Gasteiger partial charge in [0.05, 0.1) is 0 Å². The average molecular weight is 141 g/mol. The fraction of sp³-hybridized carbons (Fsp3) is 1.00. The van der Waals surface area contributed by atoms with Crippen molar-refractivity contribution in [2.75, 3.05) is 13.6 Å². The maximum absolute atomic E-state index is 3.28. The third kappa shape index (κ3) is 0.968. The Morgan fingerprint density at radius 2 is 1.90 bits per heavy atom. The van der Waals surface area contributed by atoms with E-state index < -0.39 is 0 Å². The molecular weight excluding hydrogens is 122 g/mol. The molecule has 0 aromatic heterocycles. The first-order valence-electron chi connectivity index (χ1n) is 4.22. The molecule has 10 heavy (non-hydrogen) atoms. The molecule has 0 bridgehead atoms. The van der Waals surface area contributed by atoms with E-state index in [0.29, 0.717) is 10.8 Å². The molecule has 1 aliphatic rings. The van der Waals surface area contributed by atoms with Gasteiger partial charge in [-0.2, -0.15) is 0 Å². The molecule has 1 N–H and O–H groups in total. The zero-order valence-electron chi connectivity index (χ0n) is 7.62. The molecule has 0 heterocycles. The summed E-state index contributed by atoms with van der Waals surface area (Å²) in [4.78, 5) is 0. The maximum atomic E-state index is 3.28. The average Bonchev–Trinajstić information content (AvgIpc) is 2.37. The van der Waals surface area contributed by atoms with Gasteiger partial charge in [-0.15, -0.1) is 0 Å². The lowest BCUT2D eigenvalue weighted by Crippen LogP contribution is -2.23. The molecule has 0 amide bonds. The first-order valence-corrected chi connectivity index (χ1v) is 4.22. The van der Waals surface area contributed by atoms with E-state index in [-0.39, 0.29) is 0 Å². The van der Waals surface area contributed by atoms with E-state index >= 15 is 0 Å². The summed E-state index contributed by atoms with van der Waals surface area (Å²) in [5.41, 5.74) is 1.23. The van der Waals surface area contributed by atoms with Crippen LogP contribution in [0.25, 0.3) is 0 Å². The van der Waals surface area contributed by atoms with E-state index in [0.717, 1.165) is 0 Å². The van der Waals surface area contributed by atoms with Crippen LogP contribution in [0.1, 0.15) is 33.6 Å². The Kier molecular flexibility index (Phi) is 1.80. The van der Waals surface area contributed by atoms with Crippen LogP contribution in [0.4, 0.5) is 0 Å². The number of hydrogen-bond acceptors (Lipinski definition) is 1. The summed E-state index contributed by atoms with van der Waals surface area (Å²) in [6.45, 7) is 8.23. The predicted octanol–water partition coefficient (Wildman–Crippen LogP) is 2.03. The molecule has 1 atom stereocenters. The number of rotatable bonds is 3. The van der Waals surface area contributed by atoms with E-state index in [9.17, 15) is 0 Å². The van der Waals surface area contributed by atoms with Crippen LogP contribution in [0.2, 0.25) is 0 Å². The van der Waals surface area contributed by atoms with Crippen molar-refractivity contribution in [1.82, 2.24) is 5.32 Å². The van der Waals surface area contributed by atoms with Gasteiger partial charge >= 0.3 is 0 Å². The first kappa shape index (κ1) is 8.06. The van der Waals surface area contributed by atoms with Crippen LogP contribution in [-0.2, 0) is 0 Å². The fourth-order valence-corrected chi connectivity index (χ4v) is 2.17. The van der Waals surface area contributed by atoms with Crippen molar-refractivity contribution >= 4 is 0 Å². The highest BCUT2D eigenvalue weighted by atomic mass is 14.9. The van der Waals surface area contributed by atoms with Crippen LogP contribution in [0.15, 0.2) is 0 Å². The standard InChI is InChI=1S/C9H19N/c1-5-9(7-10-4)6-8(9,2)3/h10H,5-7H2,1-4H3. The van der Waals surface area contributed by atoms with Crippen LogP contribution in [0, 0.1) is 10.8 Å². The van der Waals surface area contributed by atoms with Crippen molar-refractivity contribution in [3.05, 3.63) is 0 Å². The monoisotopic (exact) mass is 141 g/mol. The molecule has 0 aromatic rings. The summed E-state index contributed by atoms with van der Waals surface area (Å²) in [6, 6.07) is 0. The lowest BCUT2D eigenvalue weighted by atomic mass is 9.93. The summed E-state index contributed by atoms with van der Waals surface area (Å²) in [5.74, 6) is 0. The van der Waals surface area contributed by atoms with Crippen LogP contribution >= 0.6 is 0 Å². The van der Waals surface area contributed by atoms with Crippen molar-refractivity contribution < 1.29 is 0 Å². The largest absolute Gasteiger partial charge is 0.319 e. The van der Waals surface area contributed by atoms with Crippen LogP contribution in [0.3, 0.4) is 0 Å². The van der Waals surface area contributed by atoms with Crippen LogP contribution in [0.5, 0.6) is 0 Å². The maximum Gasteiger partial charge on any atom is 0.00100 e. The third-order valence-corrected chi connectivity index (χ3v) is 3.28. The number of hydrogen-bond donors (Lipinski definition) is 1. The summed E-state index contributed by atoms with van der Waals surface area (Å²) < 4.78 is 0. The van der Waals surface area contributed by atoms with E-state index in [1.807, 2.05) is 7.05 Å². The summed E-state index contributed by atoms with van der Waals surface area (Å²) in [5, 5.41) is 3.28. The van der Waals surface area contributed by atoms with Gasteiger partial charge in [-0.05, 0) is 30.7 Å². The zero-order chi connectivity index (χ0) is 7.83. The first-order chi connectivity index (χ1) is 4.58. The minimum atomic E-state index is 0.602. The van der Waals surface area contributed by atoms with Gasteiger partial charge in [0, 0.05) is 6.54 Å². The van der Waals surface area contributed by atoms with Gasteiger partial charge < -0.3 is 5.32 Å². The highest BCUT2D eigenvalue weighted by Crippen LogP contribution is 2.64. The van der Waals surface area contributed by atoms with Crippen molar-refractivity contribution in [2.45, 2.75) is 33.6 Å². The Balaban J connectivity index is 2.50. The van der Waals surface area contributed by atoms with Crippen LogP contribution < -0.4 is 5.32 Å². The Morgan fingerprint density at radius 3 is 2.00 bits per heavy atom. The fourth-order valence-electron chi connectivity index (χ4n) is 2.17. The van der Waals surface area contributed by atoms with Crippen molar-refractivity contribution in [2.24, 2.45) is 10.8 Å². The molecule has 0 radical (unpaired) electrons. The van der Waals surface area contributed by atoms with Gasteiger partial charge in [0.2, 0.25) is 0 Å². The molecule has 1 aliphatic carbocycles. The lowest BCUT2D eigenvalue weighted by molar-refractivity contribution is 0.358. The molecule has 1 saturated carbocycles. The predicted molar refractivity (Wildman–Crippen MR) is 45.0 cm³/mol. The molecule has 1 fully saturated rings. The molecule has 1 unspecified atom stereocenters. The minimum absolute atomic E-state index is 0.602. The molecule has 0 spiro atoms. The Bertz CT molecular complexity index is 129. The van der Waals surface area contributed by atoms with Gasteiger partial charge in [0.1, 0.15) is 0 Å². The van der Waals surface area contributed by atoms with Gasteiger partial charge in [0.25, 0.3) is 0 Å². The topological polar surface area (TPSA) is 12.0 Å². The normalized spacial score (nSPS) is 36.0. The van der Waals surface area contributed by atoms with E-state index in [1.165, 1.54) is 19.4 Å². The molecule has 0 aromatic carbocycles. The molecule has 1 nitrogen and oxygen atoms in total. The second-order valence-electron chi connectivity index (χ2n) is 4.22. The Morgan fingerprint density at radius 1 is 1.40 bits per heavy atom. The summed E-state index contributed by atoms with van der Waals surface area (Å²) in [6.07, 6.45) is 2.72. The Hall–Kier alpha value is -0.0400. The second-order valence-corrected chi connectivity index (χ2v) is 4.22. The van der Waals surface area contributed by atoms with E-state index in [2.05, 4.69) is 26.1 Å². The van der Waals surface area contributed by atoms with Gasteiger partial charge in [-0.3, -0.25) is 0 Å². The lowest BCUT2D eigenvalue weighted by Gasteiger charge is -2.17. The molecular formula is C9H19N. The van der Waals surface area contributed by atoms with Crippen LogP contribution in [-0.4, -0.2) is 13.6 Å². The minimum Gasteiger partial charge on any atom is -0.319 e. The quantitative estimate of drug-likeness (QED) is 0.634. The summed E-state index contributed by atoms with van der Waals surface area (Å²) in [7, 11) is 2.05. The van der Waals surface area contributed by atoms with E-state index in [1.54, 1.807) is 0 Å². The Labute approximate surface area is 64.2 Å². The second kappa shape index (κ2) is 2.23. The number of nitrogens with one attached hydrogen (secondary N) is 1. The molecule has 1 rings (SSSR count). The smallest absolute Gasteiger partial charge is 0.00100 e. The molecule has 60 valence electrons. The van der Waals surface area contributed by atoms with Crippen molar-refractivity contribution in [3.63, 3.8) is 0 Å². The van der Waals surface area contributed by atoms with Gasteiger partial charge in [-0.25, -0.2) is 0 Å². The summed E-state index contributed by atoms with van der Waals surface area (Å²) >= 11 is 0.